The van der Waals surface area contributed by atoms with E-state index >= 15 is 0 Å². The highest BCUT2D eigenvalue weighted by Crippen LogP contribution is 2.30. The Morgan fingerprint density at radius 2 is 1.85 bits per heavy atom. The van der Waals surface area contributed by atoms with Gasteiger partial charge in [0.05, 0.1) is 25.4 Å². The number of aliphatic hydroxyl groups is 1. The Bertz CT molecular complexity index is 403. The predicted molar refractivity (Wildman–Crippen MR) is 83.9 cm³/mol. The third kappa shape index (κ3) is 4.29. The fourth-order valence-electron chi connectivity index (χ4n) is 2.88. The summed E-state index contributed by atoms with van der Waals surface area (Å²) in [6.45, 7) is 6.95. The van der Waals surface area contributed by atoms with E-state index in [0.29, 0.717) is 0 Å². The molecular formula is C16H25BrNO2+. The number of quaternary nitrogens is 1. The van der Waals surface area contributed by atoms with Crippen LogP contribution in [0.25, 0.3) is 0 Å². The number of morpholine rings is 1. The van der Waals surface area contributed by atoms with Crippen LogP contribution in [0.4, 0.5) is 0 Å². The van der Waals surface area contributed by atoms with E-state index in [-0.39, 0.29) is 0 Å². The van der Waals surface area contributed by atoms with Crippen LogP contribution in [-0.4, -0.2) is 38.0 Å². The molecule has 1 saturated heterocycles. The van der Waals surface area contributed by atoms with Gasteiger partial charge in [-0.3, -0.25) is 0 Å². The van der Waals surface area contributed by atoms with Gasteiger partial charge in [0.25, 0.3) is 0 Å². The Labute approximate surface area is 130 Å². The van der Waals surface area contributed by atoms with Gasteiger partial charge in [0.2, 0.25) is 0 Å². The molecule has 3 nitrogen and oxygen atoms in total. The fraction of sp³-hybridized carbons (Fsp3) is 0.625. The normalized spacial score (nSPS) is 19.8. The van der Waals surface area contributed by atoms with Crippen molar-refractivity contribution < 1.29 is 14.7 Å². The molecule has 2 N–H and O–H groups in total. The zero-order chi connectivity index (χ0) is 14.4. The van der Waals surface area contributed by atoms with Crippen LogP contribution >= 0.6 is 15.9 Å². The van der Waals surface area contributed by atoms with Gasteiger partial charge in [-0.2, -0.15) is 0 Å². The molecule has 0 bridgehead atoms. The van der Waals surface area contributed by atoms with Crippen LogP contribution in [0.15, 0.2) is 28.7 Å². The van der Waals surface area contributed by atoms with Crippen molar-refractivity contribution >= 4 is 15.9 Å². The molecule has 0 saturated carbocycles. The molecule has 20 heavy (non-hydrogen) atoms. The van der Waals surface area contributed by atoms with Crippen LogP contribution < -0.4 is 4.90 Å². The lowest BCUT2D eigenvalue weighted by Gasteiger charge is -2.31. The lowest BCUT2D eigenvalue weighted by Crippen LogP contribution is -3.14. The van der Waals surface area contributed by atoms with Gasteiger partial charge in [-0.25, -0.2) is 0 Å². The van der Waals surface area contributed by atoms with Gasteiger partial charge in [0.1, 0.15) is 13.1 Å². The summed E-state index contributed by atoms with van der Waals surface area (Å²) in [7, 11) is 0. The van der Waals surface area contributed by atoms with Crippen LogP contribution in [0, 0.1) is 0 Å². The second kappa shape index (κ2) is 7.55. The van der Waals surface area contributed by atoms with Crippen molar-refractivity contribution in [2.24, 2.45) is 0 Å². The Kier molecular flexibility index (Phi) is 6.02. The highest BCUT2D eigenvalue weighted by atomic mass is 79.9. The second-order valence-corrected chi connectivity index (χ2v) is 6.57. The smallest absolute Gasteiger partial charge is 0.101 e. The number of benzene rings is 1. The Balaban J connectivity index is 2.02. The second-order valence-electron chi connectivity index (χ2n) is 5.65. The maximum Gasteiger partial charge on any atom is 0.101 e. The highest BCUT2D eigenvalue weighted by Gasteiger charge is 2.30. The van der Waals surface area contributed by atoms with Gasteiger partial charge in [0, 0.05) is 10.9 Å². The molecule has 0 spiro atoms. The molecule has 0 aliphatic carbocycles. The first-order chi connectivity index (χ1) is 9.64. The largest absolute Gasteiger partial charge is 0.385 e. The number of nitrogens with one attached hydrogen (secondary N) is 1. The quantitative estimate of drug-likeness (QED) is 0.825. The molecule has 0 aromatic heterocycles. The van der Waals surface area contributed by atoms with Gasteiger partial charge >= 0.3 is 0 Å². The summed E-state index contributed by atoms with van der Waals surface area (Å²) in [5.74, 6) is 0. The molecule has 0 unspecified atom stereocenters. The molecule has 1 fully saturated rings. The van der Waals surface area contributed by atoms with Crippen molar-refractivity contribution in [3.63, 3.8) is 0 Å². The molecule has 0 radical (unpaired) electrons. The van der Waals surface area contributed by atoms with Crippen molar-refractivity contribution in [1.29, 1.82) is 0 Å². The zero-order valence-corrected chi connectivity index (χ0v) is 13.8. The van der Waals surface area contributed by atoms with Crippen molar-refractivity contribution in [2.45, 2.75) is 31.8 Å². The van der Waals surface area contributed by atoms with Gasteiger partial charge in [-0.1, -0.05) is 41.4 Å². The summed E-state index contributed by atoms with van der Waals surface area (Å²) in [4.78, 5) is 1.54. The van der Waals surface area contributed by atoms with Crippen LogP contribution in [0.1, 0.15) is 31.7 Å². The molecule has 0 amide bonds. The number of hydrogen-bond donors (Lipinski definition) is 2. The molecule has 1 aromatic carbocycles. The molecule has 1 aromatic rings. The van der Waals surface area contributed by atoms with E-state index in [2.05, 4.69) is 22.9 Å². The molecule has 2 rings (SSSR count). The van der Waals surface area contributed by atoms with Crippen molar-refractivity contribution in [3.8, 4) is 0 Å². The molecule has 1 aliphatic rings. The number of halogens is 1. The summed E-state index contributed by atoms with van der Waals surface area (Å²) in [5.41, 5.74) is 0.344. The maximum absolute atomic E-state index is 11.0. The Hall–Kier alpha value is -0.420. The number of rotatable bonds is 6. The van der Waals surface area contributed by atoms with Crippen LogP contribution in [0.5, 0.6) is 0 Å². The average Bonchev–Trinajstić information content (AvgIpc) is 2.47. The minimum atomic E-state index is -0.694. The summed E-state index contributed by atoms with van der Waals surface area (Å²) in [5, 5.41) is 11.0. The number of ether oxygens (including phenoxy) is 1. The van der Waals surface area contributed by atoms with E-state index in [4.69, 9.17) is 4.74 Å². The Morgan fingerprint density at radius 3 is 2.45 bits per heavy atom. The standard InChI is InChI=1S/C16H24BrNO2/c1-2-7-16(19,14-3-5-15(17)6-4-14)8-9-18-10-12-20-13-11-18/h3-6,19H,2,7-13H2,1H3/p+1/t16-/m1/s1. The van der Waals surface area contributed by atoms with E-state index in [0.717, 1.165) is 62.1 Å². The third-order valence-electron chi connectivity index (χ3n) is 4.14. The molecular weight excluding hydrogens is 318 g/mol. The monoisotopic (exact) mass is 342 g/mol. The summed E-state index contributed by atoms with van der Waals surface area (Å²) in [6, 6.07) is 8.10. The molecule has 112 valence electrons. The topological polar surface area (TPSA) is 33.9 Å². The highest BCUT2D eigenvalue weighted by molar-refractivity contribution is 9.10. The SMILES string of the molecule is CCC[C@@](O)(CC[NH+]1CCOCC1)c1ccc(Br)cc1. The predicted octanol–water partition coefficient (Wildman–Crippen LogP) is 1.74. The maximum atomic E-state index is 11.0. The molecule has 1 atom stereocenters. The summed E-state index contributed by atoms with van der Waals surface area (Å²) in [6.07, 6.45) is 2.63. The lowest BCUT2D eigenvalue weighted by molar-refractivity contribution is -0.909. The first-order valence-corrected chi connectivity index (χ1v) is 8.33. The summed E-state index contributed by atoms with van der Waals surface area (Å²) >= 11 is 3.45. The third-order valence-corrected chi connectivity index (χ3v) is 4.67. The van der Waals surface area contributed by atoms with Gasteiger partial charge in [-0.05, 0) is 24.1 Å². The molecule has 4 heteroatoms. The first-order valence-electron chi connectivity index (χ1n) is 7.54. The van der Waals surface area contributed by atoms with Gasteiger partial charge in [-0.15, -0.1) is 0 Å². The van der Waals surface area contributed by atoms with E-state index in [1.165, 1.54) is 0 Å². The van der Waals surface area contributed by atoms with E-state index in [9.17, 15) is 5.11 Å². The van der Waals surface area contributed by atoms with Crippen molar-refractivity contribution in [1.82, 2.24) is 0 Å². The molecule has 1 heterocycles. The molecule has 1 aliphatic heterocycles. The van der Waals surface area contributed by atoms with E-state index in [1.54, 1.807) is 4.90 Å². The Morgan fingerprint density at radius 1 is 1.20 bits per heavy atom. The van der Waals surface area contributed by atoms with E-state index < -0.39 is 5.60 Å². The van der Waals surface area contributed by atoms with Crippen LogP contribution in [0.3, 0.4) is 0 Å². The van der Waals surface area contributed by atoms with Crippen LogP contribution in [0.2, 0.25) is 0 Å². The summed E-state index contributed by atoms with van der Waals surface area (Å²) < 4.78 is 6.44. The van der Waals surface area contributed by atoms with Crippen molar-refractivity contribution in [3.05, 3.63) is 34.3 Å². The van der Waals surface area contributed by atoms with Gasteiger partial charge < -0.3 is 14.7 Å². The fourth-order valence-corrected chi connectivity index (χ4v) is 3.15. The minimum Gasteiger partial charge on any atom is -0.385 e. The van der Waals surface area contributed by atoms with Crippen LogP contribution in [-0.2, 0) is 10.3 Å². The zero-order valence-electron chi connectivity index (χ0n) is 12.2. The number of hydrogen-bond acceptors (Lipinski definition) is 2. The van der Waals surface area contributed by atoms with E-state index in [1.807, 2.05) is 24.3 Å². The van der Waals surface area contributed by atoms with Gasteiger partial charge in [0.15, 0.2) is 0 Å². The lowest BCUT2D eigenvalue weighted by atomic mass is 9.86. The van der Waals surface area contributed by atoms with Crippen molar-refractivity contribution in [2.75, 3.05) is 32.8 Å². The average molecular weight is 343 g/mol. The first kappa shape index (κ1) is 16.0. The minimum absolute atomic E-state index is 0.694.